The van der Waals surface area contributed by atoms with Gasteiger partial charge in [-0.1, -0.05) is 43.2 Å². The van der Waals surface area contributed by atoms with Crippen LogP contribution in [0.4, 0.5) is 0 Å². The Labute approximate surface area is 145 Å². The van der Waals surface area contributed by atoms with Crippen LogP contribution >= 0.6 is 0 Å². The number of hydrogen-bond donors (Lipinski definition) is 2. The number of hydrogen-bond acceptors (Lipinski definition) is 4. The zero-order chi connectivity index (χ0) is 16.9. The smallest absolute Gasteiger partial charge is 0.239 e. The van der Waals surface area contributed by atoms with Gasteiger partial charge in [0.05, 0.1) is 6.04 Å². The van der Waals surface area contributed by atoms with Crippen LogP contribution < -0.4 is 10.9 Å². The lowest BCUT2D eigenvalue weighted by Crippen LogP contribution is -2.49. The molecule has 1 aromatic rings. The molecular formula is C19H30N4O. The third-order valence-electron chi connectivity index (χ3n) is 5.36. The molecule has 1 amide bonds. The first-order valence-electron chi connectivity index (χ1n) is 9.16. The van der Waals surface area contributed by atoms with E-state index < -0.39 is 0 Å². The average molecular weight is 330 g/mol. The van der Waals surface area contributed by atoms with E-state index in [1.165, 1.54) is 18.4 Å². The molecule has 2 fully saturated rings. The minimum Gasteiger partial charge on any atom is -0.343 e. The quantitative estimate of drug-likeness (QED) is 0.886. The number of likely N-dealkylation sites (N-methyl/N-ethyl adjacent to an activating group) is 2. The van der Waals surface area contributed by atoms with E-state index in [1.807, 2.05) is 18.0 Å². The number of likely N-dealkylation sites (tertiary alicyclic amines) is 1. The molecule has 24 heavy (non-hydrogen) atoms. The molecule has 0 spiro atoms. The third-order valence-corrected chi connectivity index (χ3v) is 5.36. The summed E-state index contributed by atoms with van der Waals surface area (Å²) in [5.41, 5.74) is 8.02. The van der Waals surface area contributed by atoms with E-state index in [2.05, 4.69) is 47.1 Å². The van der Waals surface area contributed by atoms with Crippen molar-refractivity contribution < 1.29 is 4.79 Å². The van der Waals surface area contributed by atoms with Crippen molar-refractivity contribution in [2.45, 2.75) is 50.2 Å². The Morgan fingerprint density at radius 1 is 1.21 bits per heavy atom. The van der Waals surface area contributed by atoms with Crippen molar-refractivity contribution in [1.29, 1.82) is 0 Å². The van der Waals surface area contributed by atoms with E-state index in [1.54, 1.807) is 0 Å². The number of amides is 1. The first-order valence-corrected chi connectivity index (χ1v) is 9.16. The Bertz CT molecular complexity index is 535. The Kier molecular flexibility index (Phi) is 5.87. The van der Waals surface area contributed by atoms with Crippen molar-refractivity contribution in [3.63, 3.8) is 0 Å². The van der Waals surface area contributed by atoms with Gasteiger partial charge in [-0.05, 0) is 38.4 Å². The summed E-state index contributed by atoms with van der Waals surface area (Å²) >= 11 is 0. The standard InChI is InChI=1S/C19H30N4O/c1-22-12-8-4-7-11-18(22)19(24)23(2)14-16-13-17(21-20-16)15-9-5-3-6-10-15/h3,5-6,9-10,16-18,20-21H,4,7-8,11-14H2,1-2H3. The summed E-state index contributed by atoms with van der Waals surface area (Å²) in [7, 11) is 4.03. The van der Waals surface area contributed by atoms with Gasteiger partial charge in [0.2, 0.25) is 5.91 Å². The lowest BCUT2D eigenvalue weighted by molar-refractivity contribution is -0.135. The van der Waals surface area contributed by atoms with Gasteiger partial charge in [0.15, 0.2) is 0 Å². The largest absolute Gasteiger partial charge is 0.343 e. The lowest BCUT2D eigenvalue weighted by atomic mass is 10.0. The monoisotopic (exact) mass is 330 g/mol. The van der Waals surface area contributed by atoms with Crippen molar-refractivity contribution in [1.82, 2.24) is 20.7 Å². The number of nitrogens with one attached hydrogen (secondary N) is 2. The van der Waals surface area contributed by atoms with Gasteiger partial charge in [0, 0.05) is 25.7 Å². The van der Waals surface area contributed by atoms with Crippen LogP contribution in [0.2, 0.25) is 0 Å². The van der Waals surface area contributed by atoms with Crippen LogP contribution in [0, 0.1) is 0 Å². The molecule has 132 valence electrons. The predicted molar refractivity (Wildman–Crippen MR) is 96.4 cm³/mol. The molecule has 2 aliphatic heterocycles. The van der Waals surface area contributed by atoms with Crippen LogP contribution in [0.1, 0.15) is 43.7 Å². The van der Waals surface area contributed by atoms with E-state index in [0.717, 1.165) is 32.4 Å². The van der Waals surface area contributed by atoms with E-state index in [9.17, 15) is 4.79 Å². The number of hydrazine groups is 1. The fraction of sp³-hybridized carbons (Fsp3) is 0.632. The van der Waals surface area contributed by atoms with Gasteiger partial charge < -0.3 is 4.90 Å². The van der Waals surface area contributed by atoms with Crippen LogP contribution in [-0.4, -0.2) is 55.0 Å². The maximum Gasteiger partial charge on any atom is 0.239 e. The molecule has 3 rings (SSSR count). The highest BCUT2D eigenvalue weighted by Crippen LogP contribution is 2.23. The Balaban J connectivity index is 1.53. The normalized spacial score (nSPS) is 28.5. The van der Waals surface area contributed by atoms with Gasteiger partial charge in [-0.3, -0.25) is 15.1 Å². The molecule has 2 N–H and O–H groups in total. The van der Waals surface area contributed by atoms with Crippen LogP contribution in [0.15, 0.2) is 30.3 Å². The van der Waals surface area contributed by atoms with Crippen molar-refractivity contribution in [3.05, 3.63) is 35.9 Å². The highest BCUT2D eigenvalue weighted by atomic mass is 16.2. The zero-order valence-electron chi connectivity index (χ0n) is 14.9. The van der Waals surface area contributed by atoms with Gasteiger partial charge in [-0.2, -0.15) is 0 Å². The Morgan fingerprint density at radius 3 is 2.79 bits per heavy atom. The van der Waals surface area contributed by atoms with Crippen LogP contribution in [0.3, 0.4) is 0 Å². The molecule has 0 saturated carbocycles. The first kappa shape index (κ1) is 17.4. The first-order chi connectivity index (χ1) is 11.6. The Morgan fingerprint density at radius 2 is 2.00 bits per heavy atom. The van der Waals surface area contributed by atoms with Gasteiger partial charge in [-0.25, -0.2) is 5.43 Å². The molecule has 5 heteroatoms. The topological polar surface area (TPSA) is 47.6 Å². The highest BCUT2D eigenvalue weighted by Gasteiger charge is 2.31. The molecule has 0 radical (unpaired) electrons. The average Bonchev–Trinajstić information content (AvgIpc) is 2.96. The van der Waals surface area contributed by atoms with Crippen LogP contribution in [0.25, 0.3) is 0 Å². The number of carbonyl (C=O) groups excluding carboxylic acids is 1. The second-order valence-electron chi connectivity index (χ2n) is 7.25. The molecule has 0 aromatic heterocycles. The van der Waals surface area contributed by atoms with Crippen molar-refractivity contribution in [2.75, 3.05) is 27.2 Å². The summed E-state index contributed by atoms with van der Waals surface area (Å²) in [5.74, 6) is 0.268. The highest BCUT2D eigenvalue weighted by molar-refractivity contribution is 5.81. The maximum atomic E-state index is 12.8. The molecule has 0 aliphatic carbocycles. The maximum absolute atomic E-state index is 12.8. The van der Waals surface area contributed by atoms with E-state index in [-0.39, 0.29) is 11.9 Å². The minimum absolute atomic E-state index is 0.0526. The van der Waals surface area contributed by atoms with Crippen molar-refractivity contribution in [3.8, 4) is 0 Å². The van der Waals surface area contributed by atoms with Gasteiger partial charge >= 0.3 is 0 Å². The summed E-state index contributed by atoms with van der Waals surface area (Å²) in [6.45, 7) is 1.78. The summed E-state index contributed by atoms with van der Waals surface area (Å²) in [5, 5.41) is 0. The van der Waals surface area contributed by atoms with Gasteiger partial charge in [0.1, 0.15) is 0 Å². The lowest BCUT2D eigenvalue weighted by Gasteiger charge is -2.30. The van der Waals surface area contributed by atoms with Crippen molar-refractivity contribution >= 4 is 5.91 Å². The fourth-order valence-corrected chi connectivity index (χ4v) is 3.88. The zero-order valence-corrected chi connectivity index (χ0v) is 14.9. The number of rotatable bonds is 4. The fourth-order valence-electron chi connectivity index (χ4n) is 3.88. The number of benzene rings is 1. The summed E-state index contributed by atoms with van der Waals surface area (Å²) in [4.78, 5) is 17.0. The Hall–Kier alpha value is -1.43. The van der Waals surface area contributed by atoms with E-state index in [0.29, 0.717) is 12.1 Å². The summed E-state index contributed by atoms with van der Waals surface area (Å²) < 4.78 is 0. The molecule has 2 heterocycles. The van der Waals surface area contributed by atoms with E-state index >= 15 is 0 Å². The number of nitrogens with zero attached hydrogens (tertiary/aromatic N) is 2. The van der Waals surface area contributed by atoms with Gasteiger partial charge in [0.25, 0.3) is 0 Å². The predicted octanol–water partition coefficient (Wildman–Crippen LogP) is 1.93. The molecule has 5 nitrogen and oxygen atoms in total. The third kappa shape index (κ3) is 4.15. The molecule has 3 unspecified atom stereocenters. The summed E-state index contributed by atoms with van der Waals surface area (Å²) in [6.07, 6.45) is 5.60. The number of carbonyl (C=O) groups is 1. The molecule has 3 atom stereocenters. The second-order valence-corrected chi connectivity index (χ2v) is 7.25. The minimum atomic E-state index is 0.0526. The SMILES string of the molecule is CN(CC1CC(c2ccccc2)NN1)C(=O)C1CCCCCN1C. The van der Waals surface area contributed by atoms with E-state index in [4.69, 9.17) is 0 Å². The molecule has 2 aliphatic rings. The molecule has 1 aromatic carbocycles. The van der Waals surface area contributed by atoms with Crippen molar-refractivity contribution in [2.24, 2.45) is 0 Å². The second kappa shape index (κ2) is 8.10. The molecule has 2 saturated heterocycles. The molecular weight excluding hydrogens is 300 g/mol. The van der Waals surface area contributed by atoms with Crippen LogP contribution in [-0.2, 0) is 4.79 Å². The van der Waals surface area contributed by atoms with Crippen LogP contribution in [0.5, 0.6) is 0 Å². The summed E-state index contributed by atoms with van der Waals surface area (Å²) in [6, 6.07) is 11.1. The van der Waals surface area contributed by atoms with Gasteiger partial charge in [-0.15, -0.1) is 0 Å². The molecule has 0 bridgehead atoms.